The van der Waals surface area contributed by atoms with Gasteiger partial charge >= 0.3 is 5.69 Å². The summed E-state index contributed by atoms with van der Waals surface area (Å²) in [6.07, 6.45) is 7.33. The van der Waals surface area contributed by atoms with Gasteiger partial charge in [-0.05, 0) is 93.8 Å². The Labute approximate surface area is 274 Å². The number of aromatic amines is 1. The molecule has 0 saturated carbocycles. The van der Waals surface area contributed by atoms with Gasteiger partial charge in [-0.3, -0.25) is 18.8 Å². The van der Waals surface area contributed by atoms with Crippen LogP contribution >= 0.6 is 11.6 Å². The van der Waals surface area contributed by atoms with Gasteiger partial charge in [-0.2, -0.15) is 4.98 Å². The average molecular weight is 654 g/mol. The van der Waals surface area contributed by atoms with Gasteiger partial charge in [0.2, 0.25) is 0 Å². The minimum atomic E-state index is -0.528. The zero-order valence-electron chi connectivity index (χ0n) is 27.0. The molecule has 2 unspecified atom stereocenters. The molecule has 2 aromatic heterocycles. The van der Waals surface area contributed by atoms with E-state index in [9.17, 15) is 9.18 Å². The molecule has 4 rings (SSSR count). The number of amidine groups is 1. The van der Waals surface area contributed by atoms with Crippen LogP contribution in [0.3, 0.4) is 0 Å². The Morgan fingerprint density at radius 3 is 2.54 bits per heavy atom. The molecule has 2 heterocycles. The smallest absolute Gasteiger partial charge is 0.354 e. The number of fused-ring (bicyclic) bond motifs is 1. The van der Waals surface area contributed by atoms with Crippen LogP contribution in [0.1, 0.15) is 76.5 Å². The number of hydrogen-bond donors (Lipinski definition) is 3. The van der Waals surface area contributed by atoms with E-state index in [0.717, 1.165) is 56.2 Å². The zero-order chi connectivity index (χ0) is 33.2. The van der Waals surface area contributed by atoms with Gasteiger partial charge in [-0.1, -0.05) is 37.1 Å². The Morgan fingerprint density at radius 1 is 1.13 bits per heavy atom. The molecule has 11 heteroatoms. The Hall–Kier alpha value is -3.60. The number of nitrogens with two attached hydrogens (primary N) is 2. The molecule has 0 spiro atoms. The van der Waals surface area contributed by atoms with Crippen LogP contribution < -0.4 is 17.2 Å². The number of nitrogens with zero attached hydrogens (tertiary/aromatic N) is 4. The van der Waals surface area contributed by atoms with Crippen LogP contribution in [0.4, 0.5) is 8.78 Å². The summed E-state index contributed by atoms with van der Waals surface area (Å²) >= 11 is 6.27. The largest absolute Gasteiger partial charge is 0.388 e. The molecule has 46 heavy (non-hydrogen) atoms. The topological polar surface area (TPSA) is 118 Å². The minimum absolute atomic E-state index is 0.0448. The number of aromatic nitrogens is 3. The van der Waals surface area contributed by atoms with E-state index in [-0.39, 0.29) is 23.8 Å². The molecule has 0 radical (unpaired) electrons. The maximum atomic E-state index is 15.2. The van der Waals surface area contributed by atoms with Gasteiger partial charge in [0.25, 0.3) is 0 Å². The molecule has 8 nitrogen and oxygen atoms in total. The predicted octanol–water partition coefficient (Wildman–Crippen LogP) is 7.11. The van der Waals surface area contributed by atoms with Crippen molar-refractivity contribution in [2.75, 3.05) is 26.3 Å². The number of alkyl halides is 1. The van der Waals surface area contributed by atoms with Crippen LogP contribution in [0.2, 0.25) is 5.02 Å². The van der Waals surface area contributed by atoms with Gasteiger partial charge in [-0.15, -0.1) is 0 Å². The second kappa shape index (κ2) is 16.8. The van der Waals surface area contributed by atoms with E-state index < -0.39 is 11.5 Å². The molecular weight excluding hydrogens is 608 g/mol. The summed E-state index contributed by atoms with van der Waals surface area (Å²) < 4.78 is 29.8. The van der Waals surface area contributed by atoms with Crippen LogP contribution in [0.5, 0.6) is 0 Å². The Morgan fingerprint density at radius 2 is 1.87 bits per heavy atom. The highest BCUT2D eigenvalue weighted by molar-refractivity contribution is 6.31. The Balaban J connectivity index is 1.60. The van der Waals surface area contributed by atoms with Gasteiger partial charge in [0.15, 0.2) is 5.82 Å². The highest BCUT2D eigenvalue weighted by atomic mass is 35.5. The van der Waals surface area contributed by atoms with Crippen molar-refractivity contribution in [3.63, 3.8) is 0 Å². The van der Waals surface area contributed by atoms with E-state index in [2.05, 4.69) is 26.8 Å². The molecular formula is C35H46ClF2N7O. The lowest BCUT2D eigenvalue weighted by molar-refractivity contribution is 0.177. The lowest BCUT2D eigenvalue weighted by Crippen LogP contribution is -2.32. The monoisotopic (exact) mass is 653 g/mol. The predicted molar refractivity (Wildman–Crippen MR) is 185 cm³/mol. The summed E-state index contributed by atoms with van der Waals surface area (Å²) in [5, 5.41) is 0.705. The molecule has 0 aliphatic heterocycles. The molecule has 0 bridgehead atoms. The minimum Gasteiger partial charge on any atom is -0.388 e. The number of aliphatic imine (C=N–C) groups is 1. The van der Waals surface area contributed by atoms with Crippen LogP contribution in [0.15, 0.2) is 58.4 Å². The fourth-order valence-corrected chi connectivity index (χ4v) is 6.09. The van der Waals surface area contributed by atoms with Crippen molar-refractivity contribution in [2.24, 2.45) is 16.5 Å². The SMILES string of the molecule is CCCC(c1ccc(-n2cc3cc(-c4cc(CCCC(C)N)cc(Cl)c4F)[nH]c3nc2=O)cc1)N(CCCF)CCCN=C(C)N. The second-order valence-electron chi connectivity index (χ2n) is 12.0. The third kappa shape index (κ3) is 9.24. The first-order chi connectivity index (χ1) is 22.1. The van der Waals surface area contributed by atoms with Crippen molar-refractivity contribution in [1.82, 2.24) is 19.4 Å². The van der Waals surface area contributed by atoms with Crippen molar-refractivity contribution in [3.05, 3.63) is 81.1 Å². The molecule has 2 aromatic carbocycles. The second-order valence-corrected chi connectivity index (χ2v) is 12.4. The van der Waals surface area contributed by atoms with Crippen LogP contribution in [-0.2, 0) is 6.42 Å². The molecule has 0 saturated heterocycles. The summed E-state index contributed by atoms with van der Waals surface area (Å²) in [6.45, 7) is 7.56. The first-order valence-corrected chi connectivity index (χ1v) is 16.5. The molecule has 0 fully saturated rings. The number of aryl methyl sites for hydroxylation is 1. The summed E-state index contributed by atoms with van der Waals surface area (Å²) in [5.41, 5.74) is 15.0. The van der Waals surface area contributed by atoms with Crippen molar-refractivity contribution in [3.8, 4) is 16.9 Å². The van der Waals surface area contributed by atoms with E-state index in [1.165, 1.54) is 4.57 Å². The molecule has 4 aromatic rings. The van der Waals surface area contributed by atoms with Crippen molar-refractivity contribution < 1.29 is 8.78 Å². The van der Waals surface area contributed by atoms with Crippen molar-refractivity contribution in [1.29, 1.82) is 0 Å². The summed E-state index contributed by atoms with van der Waals surface area (Å²) in [4.78, 5) is 27.1. The van der Waals surface area contributed by atoms with Crippen LogP contribution in [0, 0.1) is 5.82 Å². The summed E-state index contributed by atoms with van der Waals surface area (Å²) in [5.74, 6) is 0.0312. The maximum Gasteiger partial charge on any atom is 0.354 e. The van der Waals surface area contributed by atoms with E-state index in [1.54, 1.807) is 31.3 Å². The molecule has 0 aliphatic carbocycles. The number of rotatable bonds is 17. The van der Waals surface area contributed by atoms with Gasteiger partial charge < -0.3 is 16.5 Å². The van der Waals surface area contributed by atoms with Gasteiger partial charge in [0.1, 0.15) is 5.65 Å². The number of halogens is 3. The van der Waals surface area contributed by atoms with Crippen molar-refractivity contribution in [2.45, 2.75) is 77.8 Å². The maximum absolute atomic E-state index is 15.2. The highest BCUT2D eigenvalue weighted by Gasteiger charge is 2.20. The Kier molecular flexibility index (Phi) is 12.9. The van der Waals surface area contributed by atoms with Crippen molar-refractivity contribution >= 4 is 28.5 Å². The lowest BCUT2D eigenvalue weighted by atomic mass is 9.99. The van der Waals surface area contributed by atoms with E-state index in [0.29, 0.717) is 53.3 Å². The summed E-state index contributed by atoms with van der Waals surface area (Å²) in [6, 6.07) is 13.3. The third-order valence-corrected chi connectivity index (χ3v) is 8.39. The molecule has 0 aliphatic rings. The van der Waals surface area contributed by atoms with E-state index in [4.69, 9.17) is 23.1 Å². The van der Waals surface area contributed by atoms with Crippen LogP contribution in [0.25, 0.3) is 28.0 Å². The Bertz CT molecular complexity index is 1660. The number of hydrogen-bond acceptors (Lipinski definition) is 5. The summed E-state index contributed by atoms with van der Waals surface area (Å²) in [7, 11) is 0. The average Bonchev–Trinajstić information content (AvgIpc) is 3.43. The number of nitrogens with one attached hydrogen (secondary N) is 1. The van der Waals surface area contributed by atoms with E-state index >= 15 is 4.39 Å². The normalized spacial score (nSPS) is 13.5. The fraction of sp³-hybridized carbons (Fsp3) is 0.457. The van der Waals surface area contributed by atoms with Gasteiger partial charge in [0.05, 0.1) is 28.9 Å². The zero-order valence-corrected chi connectivity index (χ0v) is 27.8. The molecule has 5 N–H and O–H groups in total. The third-order valence-electron chi connectivity index (χ3n) is 8.11. The van der Waals surface area contributed by atoms with Gasteiger partial charge in [-0.25, -0.2) is 9.18 Å². The quantitative estimate of drug-likeness (QED) is 0.0637. The molecule has 248 valence electrons. The molecule has 2 atom stereocenters. The van der Waals surface area contributed by atoms with Crippen LogP contribution in [-0.4, -0.2) is 57.6 Å². The first kappa shape index (κ1) is 35.3. The van der Waals surface area contributed by atoms with E-state index in [1.807, 2.05) is 31.2 Å². The molecule has 0 amide bonds. The standard InChI is InChI=1S/C35H46ClF2N7O/c1-4-8-32(44(17-6-15-37)18-7-16-41-24(3)40)26-11-13-28(14-12-26)45-22-27-21-31(42-34(27)43-35(45)46)29-19-25(10-5-9-23(2)39)20-30(36)33(29)38/h11-14,19-23,32H,4-10,15-18,39H2,1-3H3,(H2,40,41)(H,42,43,46). The number of benzene rings is 2. The van der Waals surface area contributed by atoms with Gasteiger partial charge in [0, 0.05) is 48.9 Å². The fourth-order valence-electron chi connectivity index (χ4n) is 5.84. The first-order valence-electron chi connectivity index (χ1n) is 16.1. The lowest BCUT2D eigenvalue weighted by Gasteiger charge is -2.32. The highest BCUT2D eigenvalue weighted by Crippen LogP contribution is 2.32. The number of H-pyrrole nitrogens is 1.